The number of esters is 2. The Morgan fingerprint density at radius 1 is 0.968 bits per heavy atom. The van der Waals surface area contributed by atoms with E-state index in [0.29, 0.717) is 24.5 Å². The van der Waals surface area contributed by atoms with Crippen molar-refractivity contribution in [3.8, 4) is 0 Å². The van der Waals surface area contributed by atoms with Gasteiger partial charge >= 0.3 is 11.9 Å². The Hall–Kier alpha value is -3.82. The van der Waals surface area contributed by atoms with Crippen LogP contribution in [0.5, 0.6) is 0 Å². The largest absolute Gasteiger partial charge is 0.464 e. The summed E-state index contributed by atoms with van der Waals surface area (Å²) in [6.07, 6.45) is 0. The SMILES string of the molecule is CC(=O)OCCN(CCOC(C)=O)c1ccc(N=Nc2ccc([N+](=O)[O-])cc2)c(C)c1. The first kappa shape index (κ1) is 23.5. The van der Waals surface area contributed by atoms with Crippen LogP contribution in [0, 0.1) is 17.0 Å². The van der Waals surface area contributed by atoms with Crippen LogP contribution in [0.3, 0.4) is 0 Å². The number of nitro groups is 1. The quantitative estimate of drug-likeness (QED) is 0.240. The summed E-state index contributed by atoms with van der Waals surface area (Å²) in [5.74, 6) is -0.726. The second kappa shape index (κ2) is 11.4. The number of aryl methyl sites for hydroxylation is 1. The summed E-state index contributed by atoms with van der Waals surface area (Å²) >= 11 is 0. The van der Waals surface area contributed by atoms with Crippen LogP contribution in [0.2, 0.25) is 0 Å². The summed E-state index contributed by atoms with van der Waals surface area (Å²) < 4.78 is 10.0. The molecule has 0 N–H and O–H groups in total. The third-order valence-electron chi connectivity index (χ3n) is 4.21. The molecule has 0 radical (unpaired) electrons. The molecule has 0 fully saturated rings. The fraction of sp³-hybridized carbons (Fsp3) is 0.333. The zero-order valence-corrected chi connectivity index (χ0v) is 17.6. The van der Waals surface area contributed by atoms with Gasteiger partial charge < -0.3 is 14.4 Å². The molecule has 0 saturated heterocycles. The van der Waals surface area contributed by atoms with Gasteiger partial charge in [0.1, 0.15) is 13.2 Å². The van der Waals surface area contributed by atoms with Crippen molar-refractivity contribution in [1.29, 1.82) is 0 Å². The lowest BCUT2D eigenvalue weighted by atomic mass is 10.1. The number of non-ortho nitro benzene ring substituents is 1. The fourth-order valence-electron chi connectivity index (χ4n) is 2.67. The van der Waals surface area contributed by atoms with Gasteiger partial charge in [0.05, 0.1) is 29.4 Å². The maximum absolute atomic E-state index is 11.0. The lowest BCUT2D eigenvalue weighted by Gasteiger charge is -2.25. The number of anilines is 1. The van der Waals surface area contributed by atoms with Crippen molar-refractivity contribution in [2.75, 3.05) is 31.2 Å². The second-order valence-electron chi connectivity index (χ2n) is 6.61. The Balaban J connectivity index is 2.12. The van der Waals surface area contributed by atoms with Crippen LogP contribution in [-0.2, 0) is 19.1 Å². The highest BCUT2D eigenvalue weighted by Gasteiger charge is 2.10. The first-order chi connectivity index (χ1) is 14.8. The number of azo groups is 1. The lowest BCUT2D eigenvalue weighted by Crippen LogP contribution is -2.31. The van der Waals surface area contributed by atoms with Crippen LogP contribution in [-0.4, -0.2) is 43.2 Å². The zero-order chi connectivity index (χ0) is 22.8. The molecule has 0 heterocycles. The van der Waals surface area contributed by atoms with E-state index in [1.54, 1.807) is 6.07 Å². The third kappa shape index (κ3) is 7.84. The summed E-state index contributed by atoms with van der Waals surface area (Å²) in [7, 11) is 0. The number of carbonyl (C=O) groups excluding carboxylic acids is 2. The average molecular weight is 428 g/mol. The van der Waals surface area contributed by atoms with Crippen molar-refractivity contribution in [1.82, 2.24) is 0 Å². The number of nitrogens with zero attached hydrogens (tertiary/aromatic N) is 4. The van der Waals surface area contributed by atoms with Gasteiger partial charge in [0, 0.05) is 31.7 Å². The molecule has 0 spiro atoms. The lowest BCUT2D eigenvalue weighted by molar-refractivity contribution is -0.384. The average Bonchev–Trinajstić information content (AvgIpc) is 2.71. The standard InChI is InChI=1S/C21H24N4O6/c1-15-14-20(24(10-12-30-16(2)26)11-13-31-17(3)27)8-9-21(15)23-22-18-4-6-19(7-5-18)25(28)29/h4-9,14H,10-13H2,1-3H3. The highest BCUT2D eigenvalue weighted by molar-refractivity contribution is 5.66. The molecule has 0 amide bonds. The van der Waals surface area contributed by atoms with Crippen molar-refractivity contribution < 1.29 is 24.0 Å². The number of hydrogen-bond acceptors (Lipinski definition) is 9. The van der Waals surface area contributed by atoms with Crippen LogP contribution in [0.4, 0.5) is 22.7 Å². The number of nitro benzene ring substituents is 1. The molecule has 2 aromatic rings. The molecular weight excluding hydrogens is 404 g/mol. The molecule has 0 aromatic heterocycles. The number of ether oxygens (including phenoxy) is 2. The van der Waals surface area contributed by atoms with E-state index in [1.807, 2.05) is 24.0 Å². The summed E-state index contributed by atoms with van der Waals surface area (Å²) in [5.41, 5.74) is 2.83. The molecule has 0 aliphatic rings. The van der Waals surface area contributed by atoms with Gasteiger partial charge in [-0.15, -0.1) is 0 Å². The Morgan fingerprint density at radius 3 is 2.03 bits per heavy atom. The van der Waals surface area contributed by atoms with E-state index in [0.717, 1.165) is 11.3 Å². The van der Waals surface area contributed by atoms with E-state index in [4.69, 9.17) is 9.47 Å². The first-order valence-corrected chi connectivity index (χ1v) is 9.55. The summed E-state index contributed by atoms with van der Waals surface area (Å²) in [6, 6.07) is 11.3. The molecule has 0 bridgehead atoms. The monoisotopic (exact) mass is 428 g/mol. The molecule has 31 heavy (non-hydrogen) atoms. The molecule has 10 heteroatoms. The van der Waals surface area contributed by atoms with Gasteiger partial charge in [0.2, 0.25) is 0 Å². The van der Waals surface area contributed by atoms with E-state index < -0.39 is 4.92 Å². The van der Waals surface area contributed by atoms with E-state index in [2.05, 4.69) is 10.2 Å². The minimum atomic E-state index is -0.474. The molecule has 2 aromatic carbocycles. The van der Waals surface area contributed by atoms with Crippen molar-refractivity contribution >= 4 is 34.7 Å². The van der Waals surface area contributed by atoms with Crippen LogP contribution in [0.1, 0.15) is 19.4 Å². The summed E-state index contributed by atoms with van der Waals surface area (Å²) in [6.45, 7) is 5.85. The third-order valence-corrected chi connectivity index (χ3v) is 4.21. The van der Waals surface area contributed by atoms with Crippen molar-refractivity contribution in [3.05, 3.63) is 58.1 Å². The van der Waals surface area contributed by atoms with Crippen LogP contribution < -0.4 is 4.90 Å². The van der Waals surface area contributed by atoms with E-state index in [1.165, 1.54) is 38.1 Å². The van der Waals surface area contributed by atoms with Gasteiger partial charge in [-0.3, -0.25) is 19.7 Å². The molecule has 10 nitrogen and oxygen atoms in total. The molecular formula is C21H24N4O6. The Labute approximate surface area is 179 Å². The van der Waals surface area contributed by atoms with E-state index in [9.17, 15) is 19.7 Å². The zero-order valence-electron chi connectivity index (χ0n) is 17.6. The van der Waals surface area contributed by atoms with Crippen molar-refractivity contribution in [2.24, 2.45) is 10.2 Å². The predicted octanol–water partition coefficient (Wildman–Crippen LogP) is 4.25. The Bertz CT molecular complexity index is 939. The highest BCUT2D eigenvalue weighted by Crippen LogP contribution is 2.27. The maximum atomic E-state index is 11.0. The second-order valence-corrected chi connectivity index (χ2v) is 6.61. The van der Waals surface area contributed by atoms with Gasteiger partial charge in [-0.05, 0) is 42.8 Å². The van der Waals surface area contributed by atoms with Gasteiger partial charge in [0.25, 0.3) is 5.69 Å². The molecule has 164 valence electrons. The van der Waals surface area contributed by atoms with E-state index >= 15 is 0 Å². The fourth-order valence-corrected chi connectivity index (χ4v) is 2.67. The van der Waals surface area contributed by atoms with Crippen LogP contribution in [0.25, 0.3) is 0 Å². The van der Waals surface area contributed by atoms with Gasteiger partial charge in [0.15, 0.2) is 0 Å². The molecule has 0 saturated carbocycles. The molecule has 0 aliphatic carbocycles. The normalized spacial score (nSPS) is 10.7. The minimum absolute atomic E-state index is 0.0120. The van der Waals surface area contributed by atoms with Crippen molar-refractivity contribution in [3.63, 3.8) is 0 Å². The highest BCUT2D eigenvalue weighted by atomic mass is 16.6. The number of rotatable bonds is 10. The first-order valence-electron chi connectivity index (χ1n) is 9.55. The molecule has 0 aliphatic heterocycles. The predicted molar refractivity (Wildman–Crippen MR) is 114 cm³/mol. The van der Waals surface area contributed by atoms with Crippen LogP contribution in [0.15, 0.2) is 52.7 Å². The number of carbonyl (C=O) groups is 2. The van der Waals surface area contributed by atoms with E-state index in [-0.39, 0.29) is 30.8 Å². The maximum Gasteiger partial charge on any atom is 0.302 e. The summed E-state index contributed by atoms with van der Waals surface area (Å²) in [5, 5.41) is 19.1. The number of benzene rings is 2. The molecule has 0 unspecified atom stereocenters. The molecule has 0 atom stereocenters. The van der Waals surface area contributed by atoms with Crippen molar-refractivity contribution in [2.45, 2.75) is 20.8 Å². The smallest absolute Gasteiger partial charge is 0.302 e. The Morgan fingerprint density at radius 2 is 1.55 bits per heavy atom. The number of hydrogen-bond donors (Lipinski definition) is 0. The molecule has 2 rings (SSSR count). The topological polar surface area (TPSA) is 124 Å². The Kier molecular flexibility index (Phi) is 8.62. The van der Waals surface area contributed by atoms with Crippen LogP contribution >= 0.6 is 0 Å². The van der Waals surface area contributed by atoms with Gasteiger partial charge in [-0.25, -0.2) is 0 Å². The minimum Gasteiger partial charge on any atom is -0.464 e. The summed E-state index contributed by atoms with van der Waals surface area (Å²) in [4.78, 5) is 34.3. The van der Waals surface area contributed by atoms with Gasteiger partial charge in [-0.1, -0.05) is 0 Å². The van der Waals surface area contributed by atoms with Gasteiger partial charge in [-0.2, -0.15) is 10.2 Å².